The quantitative estimate of drug-likeness (QED) is 0.777. The van der Waals surface area contributed by atoms with Crippen molar-refractivity contribution in [2.75, 3.05) is 32.0 Å². The lowest BCUT2D eigenvalue weighted by atomic mass is 10.2. The van der Waals surface area contributed by atoms with Crippen LogP contribution >= 0.6 is 11.8 Å². The molecular weight excluding hydrogens is 256 g/mol. The molecular formula is C11H18N2O4S. The van der Waals surface area contributed by atoms with Gasteiger partial charge in [0.1, 0.15) is 0 Å². The number of nitrogens with one attached hydrogen (secondary N) is 1. The zero-order chi connectivity index (χ0) is 13.0. The maximum atomic E-state index is 11.9. The third-order valence-corrected chi connectivity index (χ3v) is 4.53. The highest BCUT2D eigenvalue weighted by molar-refractivity contribution is 8.00. The van der Waals surface area contributed by atoms with E-state index in [4.69, 9.17) is 9.84 Å². The summed E-state index contributed by atoms with van der Waals surface area (Å²) >= 11 is 1.88. The lowest BCUT2D eigenvalue weighted by Crippen LogP contribution is -2.52. The van der Waals surface area contributed by atoms with Gasteiger partial charge in [-0.05, 0) is 18.6 Å². The Morgan fingerprint density at radius 3 is 3.00 bits per heavy atom. The Labute approximate surface area is 110 Å². The number of amides is 2. The fourth-order valence-corrected chi connectivity index (χ4v) is 3.30. The molecule has 2 heterocycles. The van der Waals surface area contributed by atoms with Crippen molar-refractivity contribution >= 4 is 23.8 Å². The molecule has 2 atom stereocenters. The Hall–Kier alpha value is -0.950. The van der Waals surface area contributed by atoms with Gasteiger partial charge in [0.2, 0.25) is 0 Å². The largest absolute Gasteiger partial charge is 0.479 e. The molecule has 0 aromatic rings. The SMILES string of the molecule is O=C(O)C1CN(C(=O)NCC2CCCS2)CCO1. The number of hydrogen-bond acceptors (Lipinski definition) is 4. The van der Waals surface area contributed by atoms with Crippen LogP contribution in [0.25, 0.3) is 0 Å². The number of carboxylic acid groups (broad SMARTS) is 1. The monoisotopic (exact) mass is 274 g/mol. The number of urea groups is 1. The number of rotatable bonds is 3. The van der Waals surface area contributed by atoms with Crippen LogP contribution in [0.4, 0.5) is 4.79 Å². The van der Waals surface area contributed by atoms with Crippen LogP contribution in [0.1, 0.15) is 12.8 Å². The minimum atomic E-state index is -1.01. The van der Waals surface area contributed by atoms with Crippen LogP contribution in [0.5, 0.6) is 0 Å². The van der Waals surface area contributed by atoms with Crippen LogP contribution in [-0.2, 0) is 9.53 Å². The predicted molar refractivity (Wildman–Crippen MR) is 67.8 cm³/mol. The third-order valence-electron chi connectivity index (χ3n) is 3.13. The van der Waals surface area contributed by atoms with Crippen molar-refractivity contribution in [3.05, 3.63) is 0 Å². The molecule has 0 bridgehead atoms. The molecule has 0 aromatic heterocycles. The van der Waals surface area contributed by atoms with Crippen molar-refractivity contribution in [2.45, 2.75) is 24.2 Å². The summed E-state index contributed by atoms with van der Waals surface area (Å²) in [5.74, 6) is 0.151. The van der Waals surface area contributed by atoms with Gasteiger partial charge in [0.05, 0.1) is 13.2 Å². The van der Waals surface area contributed by atoms with E-state index in [0.29, 0.717) is 18.3 Å². The van der Waals surface area contributed by atoms with Crippen molar-refractivity contribution in [2.24, 2.45) is 0 Å². The molecule has 2 saturated heterocycles. The number of ether oxygens (including phenoxy) is 1. The molecule has 2 aliphatic rings. The smallest absolute Gasteiger partial charge is 0.334 e. The van der Waals surface area contributed by atoms with Crippen LogP contribution in [0.15, 0.2) is 0 Å². The third kappa shape index (κ3) is 3.52. The first-order valence-electron chi connectivity index (χ1n) is 6.15. The molecule has 18 heavy (non-hydrogen) atoms. The van der Waals surface area contributed by atoms with Crippen LogP contribution in [-0.4, -0.2) is 65.4 Å². The lowest BCUT2D eigenvalue weighted by molar-refractivity contribution is -0.154. The van der Waals surface area contributed by atoms with E-state index in [-0.39, 0.29) is 19.2 Å². The first kappa shape index (κ1) is 13.5. The van der Waals surface area contributed by atoms with Gasteiger partial charge in [0, 0.05) is 18.3 Å². The molecule has 0 radical (unpaired) electrons. The van der Waals surface area contributed by atoms with Gasteiger partial charge in [-0.2, -0.15) is 11.8 Å². The van der Waals surface area contributed by atoms with Crippen molar-refractivity contribution in [1.29, 1.82) is 0 Å². The minimum absolute atomic E-state index is 0.124. The maximum absolute atomic E-state index is 11.9. The summed E-state index contributed by atoms with van der Waals surface area (Å²) in [6.07, 6.45) is 1.46. The Morgan fingerprint density at radius 1 is 1.50 bits per heavy atom. The molecule has 0 aliphatic carbocycles. The molecule has 2 unspecified atom stereocenters. The van der Waals surface area contributed by atoms with Gasteiger partial charge in [-0.25, -0.2) is 9.59 Å². The average molecular weight is 274 g/mol. The summed E-state index contributed by atoms with van der Waals surface area (Å²) in [4.78, 5) is 24.2. The average Bonchev–Trinajstić information content (AvgIpc) is 2.89. The Bertz CT molecular complexity index is 320. The highest BCUT2D eigenvalue weighted by atomic mass is 32.2. The number of carbonyl (C=O) groups excluding carboxylic acids is 1. The van der Waals surface area contributed by atoms with E-state index in [0.717, 1.165) is 6.42 Å². The Morgan fingerprint density at radius 2 is 2.33 bits per heavy atom. The van der Waals surface area contributed by atoms with Crippen molar-refractivity contribution < 1.29 is 19.4 Å². The van der Waals surface area contributed by atoms with Gasteiger partial charge in [-0.15, -0.1) is 0 Å². The molecule has 2 N–H and O–H groups in total. The van der Waals surface area contributed by atoms with E-state index in [9.17, 15) is 9.59 Å². The van der Waals surface area contributed by atoms with Gasteiger partial charge >= 0.3 is 12.0 Å². The van der Waals surface area contributed by atoms with Gasteiger partial charge in [-0.1, -0.05) is 0 Å². The summed E-state index contributed by atoms with van der Waals surface area (Å²) in [5.41, 5.74) is 0. The molecule has 0 saturated carbocycles. The lowest BCUT2D eigenvalue weighted by Gasteiger charge is -2.31. The molecule has 6 nitrogen and oxygen atoms in total. The molecule has 2 aliphatic heterocycles. The topological polar surface area (TPSA) is 78.9 Å². The second-order valence-electron chi connectivity index (χ2n) is 4.46. The first-order chi connectivity index (χ1) is 8.66. The first-order valence-corrected chi connectivity index (χ1v) is 7.20. The molecule has 0 aromatic carbocycles. The van der Waals surface area contributed by atoms with E-state index in [1.807, 2.05) is 11.8 Å². The number of carbonyl (C=O) groups is 2. The fraction of sp³-hybridized carbons (Fsp3) is 0.818. The number of hydrogen-bond donors (Lipinski definition) is 2. The van der Waals surface area contributed by atoms with Crippen LogP contribution < -0.4 is 5.32 Å². The van der Waals surface area contributed by atoms with E-state index < -0.39 is 12.1 Å². The summed E-state index contributed by atoms with van der Waals surface area (Å²) in [6.45, 7) is 1.52. The fourth-order valence-electron chi connectivity index (χ4n) is 2.10. The molecule has 0 spiro atoms. The zero-order valence-electron chi connectivity index (χ0n) is 10.1. The summed E-state index contributed by atoms with van der Waals surface area (Å²) in [6, 6.07) is -0.183. The molecule has 2 fully saturated rings. The van der Waals surface area contributed by atoms with Crippen molar-refractivity contribution in [3.8, 4) is 0 Å². The van der Waals surface area contributed by atoms with E-state index in [1.165, 1.54) is 17.1 Å². The molecule has 2 rings (SSSR count). The predicted octanol–water partition coefficient (Wildman–Crippen LogP) is 0.377. The second-order valence-corrected chi connectivity index (χ2v) is 5.87. The minimum Gasteiger partial charge on any atom is -0.479 e. The summed E-state index contributed by atoms with van der Waals surface area (Å²) < 4.78 is 5.07. The normalized spacial score (nSPS) is 28.1. The second kappa shape index (κ2) is 6.29. The van der Waals surface area contributed by atoms with Gasteiger partial charge in [-0.3, -0.25) is 0 Å². The highest BCUT2D eigenvalue weighted by Crippen LogP contribution is 2.25. The number of aliphatic carboxylic acids is 1. The molecule has 102 valence electrons. The zero-order valence-corrected chi connectivity index (χ0v) is 10.9. The van der Waals surface area contributed by atoms with Crippen LogP contribution in [0.2, 0.25) is 0 Å². The number of thioether (sulfide) groups is 1. The van der Waals surface area contributed by atoms with Crippen LogP contribution in [0, 0.1) is 0 Å². The van der Waals surface area contributed by atoms with Gasteiger partial charge in [0.25, 0.3) is 0 Å². The van der Waals surface area contributed by atoms with Gasteiger partial charge in [0.15, 0.2) is 6.10 Å². The van der Waals surface area contributed by atoms with Crippen molar-refractivity contribution in [3.63, 3.8) is 0 Å². The van der Waals surface area contributed by atoms with E-state index in [1.54, 1.807) is 0 Å². The van der Waals surface area contributed by atoms with Crippen LogP contribution in [0.3, 0.4) is 0 Å². The van der Waals surface area contributed by atoms with E-state index >= 15 is 0 Å². The Kier molecular flexibility index (Phi) is 4.71. The number of carboxylic acids is 1. The number of morpholine rings is 1. The summed E-state index contributed by atoms with van der Waals surface area (Å²) in [7, 11) is 0. The van der Waals surface area contributed by atoms with Gasteiger partial charge < -0.3 is 20.1 Å². The molecule has 7 heteroatoms. The Balaban J connectivity index is 1.75. The summed E-state index contributed by atoms with van der Waals surface area (Å²) in [5, 5.41) is 12.2. The molecule has 2 amide bonds. The number of nitrogens with zero attached hydrogens (tertiary/aromatic N) is 1. The highest BCUT2D eigenvalue weighted by Gasteiger charge is 2.29. The van der Waals surface area contributed by atoms with Crippen molar-refractivity contribution in [1.82, 2.24) is 10.2 Å². The maximum Gasteiger partial charge on any atom is 0.334 e. The van der Waals surface area contributed by atoms with E-state index in [2.05, 4.69) is 5.32 Å². The standard InChI is InChI=1S/C11H18N2O4S/c14-10(15)9-7-13(3-4-17-9)11(16)12-6-8-2-1-5-18-8/h8-9H,1-7H2,(H,12,16)(H,14,15).